The number of nitrogens with zero attached hydrogens (tertiary/aromatic N) is 8. The number of hydrogen-bond acceptors (Lipinski definition) is 8. The van der Waals surface area contributed by atoms with Gasteiger partial charge in [0.1, 0.15) is 4.83 Å². The van der Waals surface area contributed by atoms with Crippen LogP contribution in [0.25, 0.3) is 32.3 Å². The van der Waals surface area contributed by atoms with Crippen molar-refractivity contribution in [1.29, 1.82) is 0 Å². The lowest BCUT2D eigenvalue weighted by Gasteiger charge is -2.09. The number of aryl methyl sites for hydroxylation is 2. The number of rotatable bonds is 7. The minimum atomic E-state index is -0.128. The van der Waals surface area contributed by atoms with Crippen molar-refractivity contribution in [3.63, 3.8) is 0 Å². The molecule has 0 radical (unpaired) electrons. The number of aliphatic imine (C=N–C) groups is 2. The molecule has 3 heterocycles. The third kappa shape index (κ3) is 5.13. The van der Waals surface area contributed by atoms with E-state index >= 15 is 0 Å². The summed E-state index contributed by atoms with van der Waals surface area (Å²) in [7, 11) is 7.55. The monoisotopic (exact) mass is 500 g/mol. The van der Waals surface area contributed by atoms with Crippen LogP contribution in [0.3, 0.4) is 0 Å². The molecule has 0 spiro atoms. The van der Waals surface area contributed by atoms with Crippen molar-refractivity contribution in [3.8, 4) is 22.1 Å². The van der Waals surface area contributed by atoms with E-state index < -0.39 is 0 Å². The van der Waals surface area contributed by atoms with Gasteiger partial charge in [-0.25, -0.2) is 29.9 Å². The van der Waals surface area contributed by atoms with Crippen molar-refractivity contribution < 1.29 is 4.79 Å². The quantitative estimate of drug-likeness (QED) is 0.198. The fraction of sp³-hybridized carbons (Fsp3) is 0.269. The topological polar surface area (TPSA) is 99.8 Å². The molecule has 0 amide bonds. The van der Waals surface area contributed by atoms with E-state index in [1.54, 1.807) is 24.5 Å². The molecule has 0 unspecified atom stereocenters. The predicted octanol–water partition coefficient (Wildman–Crippen LogP) is 5.08. The largest absolute Gasteiger partial charge is 0.369 e. The highest BCUT2D eigenvalue weighted by molar-refractivity contribution is 7.22. The normalized spacial score (nSPS) is 11.6. The molecule has 4 rings (SSSR count). The van der Waals surface area contributed by atoms with Crippen LogP contribution < -0.4 is 0 Å². The molecule has 0 aliphatic carbocycles. The van der Waals surface area contributed by atoms with Crippen molar-refractivity contribution in [3.05, 3.63) is 47.2 Å². The Kier molecular flexibility index (Phi) is 7.16. The first kappa shape index (κ1) is 25.1. The van der Waals surface area contributed by atoms with Gasteiger partial charge in [-0.15, -0.1) is 11.3 Å². The lowest BCUT2D eigenvalue weighted by Crippen LogP contribution is -2.09. The van der Waals surface area contributed by atoms with Gasteiger partial charge in [0.2, 0.25) is 0 Å². The van der Waals surface area contributed by atoms with Crippen LogP contribution in [0, 0.1) is 13.8 Å². The molecule has 36 heavy (non-hydrogen) atoms. The maximum absolute atomic E-state index is 12.3. The molecule has 0 fully saturated rings. The third-order valence-corrected chi connectivity index (χ3v) is 6.43. The maximum Gasteiger partial charge on any atom is 0.172 e. The molecule has 10 heteroatoms. The Labute approximate surface area is 214 Å². The van der Waals surface area contributed by atoms with Gasteiger partial charge in [0.15, 0.2) is 29.1 Å². The highest BCUT2D eigenvalue weighted by Gasteiger charge is 2.22. The van der Waals surface area contributed by atoms with Gasteiger partial charge in [-0.05, 0) is 26.3 Å². The van der Waals surface area contributed by atoms with Gasteiger partial charge in [-0.3, -0.25) is 4.79 Å². The average molecular weight is 501 g/mol. The summed E-state index contributed by atoms with van der Waals surface area (Å²) in [5.41, 5.74) is 2.83. The Morgan fingerprint density at radius 1 is 0.861 bits per heavy atom. The molecule has 0 aliphatic heterocycles. The lowest BCUT2D eigenvalue weighted by molar-refractivity contribution is 0.101. The summed E-state index contributed by atoms with van der Waals surface area (Å²) in [4.78, 5) is 45.8. The minimum Gasteiger partial charge on any atom is -0.369 e. The standard InChI is InChI=1S/C26H28N8OS/c1-15-19-23(27-13-33(4)5)30-22(18-11-9-8-10-12-18)32-26(19)36-21(15)25-29-16(2)20(17(3)35)24(31-25)28-14-34(6)7/h8-14H,1-7H3. The molecular formula is C26H28N8OS. The van der Waals surface area contributed by atoms with Crippen LogP contribution >= 0.6 is 11.3 Å². The molecule has 9 nitrogen and oxygen atoms in total. The summed E-state index contributed by atoms with van der Waals surface area (Å²) >= 11 is 1.48. The fourth-order valence-corrected chi connectivity index (χ4v) is 4.76. The molecule has 0 atom stereocenters. The van der Waals surface area contributed by atoms with E-state index in [4.69, 9.17) is 15.0 Å². The first-order valence-corrected chi connectivity index (χ1v) is 12.1. The van der Waals surface area contributed by atoms with Crippen LogP contribution in [0.2, 0.25) is 0 Å². The molecule has 1 aromatic carbocycles. The molecule has 0 N–H and O–H groups in total. The Balaban J connectivity index is 1.96. The highest BCUT2D eigenvalue weighted by atomic mass is 32.1. The average Bonchev–Trinajstić information content (AvgIpc) is 3.17. The van der Waals surface area contributed by atoms with Crippen molar-refractivity contribution in [2.45, 2.75) is 20.8 Å². The second kappa shape index (κ2) is 10.3. The second-order valence-corrected chi connectivity index (χ2v) is 9.78. The zero-order chi connectivity index (χ0) is 26.0. The fourth-order valence-electron chi connectivity index (χ4n) is 3.65. The summed E-state index contributed by atoms with van der Waals surface area (Å²) in [6.07, 6.45) is 3.35. The summed E-state index contributed by atoms with van der Waals surface area (Å²) in [5, 5.41) is 0.850. The first-order valence-electron chi connectivity index (χ1n) is 11.3. The number of benzene rings is 1. The summed E-state index contributed by atoms with van der Waals surface area (Å²) in [5.74, 6) is 1.89. The van der Waals surface area contributed by atoms with Gasteiger partial charge in [-0.2, -0.15) is 0 Å². The van der Waals surface area contributed by atoms with Crippen molar-refractivity contribution in [1.82, 2.24) is 29.7 Å². The molecule has 184 valence electrons. The maximum atomic E-state index is 12.3. The Bertz CT molecular complexity index is 1490. The Morgan fingerprint density at radius 3 is 2.08 bits per heavy atom. The smallest absolute Gasteiger partial charge is 0.172 e. The van der Waals surface area contributed by atoms with Crippen LogP contribution in [0.1, 0.15) is 28.5 Å². The lowest BCUT2D eigenvalue weighted by atomic mass is 10.1. The number of Topliss-reactive ketones (excluding diaryl/α,β-unsaturated/α-hetero) is 1. The number of fused-ring (bicyclic) bond motifs is 1. The van der Waals surface area contributed by atoms with E-state index in [-0.39, 0.29) is 5.78 Å². The van der Waals surface area contributed by atoms with Gasteiger partial charge >= 0.3 is 0 Å². The molecule has 0 saturated heterocycles. The number of carbonyl (C=O) groups excluding carboxylic acids is 1. The van der Waals surface area contributed by atoms with Crippen molar-refractivity contribution in [2.75, 3.05) is 28.2 Å². The first-order chi connectivity index (χ1) is 17.2. The van der Waals surface area contributed by atoms with Crippen LogP contribution in [0.5, 0.6) is 0 Å². The molecule has 0 bridgehead atoms. The van der Waals surface area contributed by atoms with E-state index in [1.165, 1.54) is 18.3 Å². The predicted molar refractivity (Wildman–Crippen MR) is 147 cm³/mol. The van der Waals surface area contributed by atoms with Crippen molar-refractivity contribution >= 4 is 51.6 Å². The highest BCUT2D eigenvalue weighted by Crippen LogP contribution is 2.41. The van der Waals surface area contributed by atoms with Gasteiger partial charge in [-0.1, -0.05) is 30.3 Å². The molecule has 0 aliphatic rings. The molecule has 0 saturated carbocycles. The number of thiophene rings is 1. The van der Waals surface area contributed by atoms with E-state index in [1.807, 2.05) is 70.3 Å². The summed E-state index contributed by atoms with van der Waals surface area (Å²) in [6.45, 7) is 5.30. The Hall–Kier alpha value is -4.05. The third-order valence-electron chi connectivity index (χ3n) is 5.25. The summed E-state index contributed by atoms with van der Waals surface area (Å²) < 4.78 is 0. The van der Waals surface area contributed by atoms with Crippen LogP contribution in [-0.4, -0.2) is 76.4 Å². The number of hydrogen-bond donors (Lipinski definition) is 0. The van der Waals surface area contributed by atoms with Gasteiger partial charge in [0.05, 0.1) is 34.2 Å². The van der Waals surface area contributed by atoms with E-state index in [0.29, 0.717) is 34.5 Å². The van der Waals surface area contributed by atoms with Crippen molar-refractivity contribution in [2.24, 2.45) is 9.98 Å². The van der Waals surface area contributed by atoms with Gasteiger partial charge in [0, 0.05) is 33.8 Å². The van der Waals surface area contributed by atoms with Crippen LogP contribution in [-0.2, 0) is 0 Å². The molecular weight excluding hydrogens is 472 g/mol. The molecule has 3 aromatic heterocycles. The molecule has 4 aromatic rings. The zero-order valence-electron chi connectivity index (χ0n) is 21.4. The number of aromatic nitrogens is 4. The SMILES string of the molecule is CC(=O)c1c(C)nc(-c2sc3nc(-c4ccccc4)nc(N=CN(C)C)c3c2C)nc1N=CN(C)C. The van der Waals surface area contributed by atoms with Gasteiger partial charge < -0.3 is 9.80 Å². The van der Waals surface area contributed by atoms with E-state index in [0.717, 1.165) is 26.2 Å². The van der Waals surface area contributed by atoms with Gasteiger partial charge in [0.25, 0.3) is 0 Å². The number of carbonyl (C=O) groups is 1. The summed E-state index contributed by atoms with van der Waals surface area (Å²) in [6, 6.07) is 9.83. The van der Waals surface area contributed by atoms with Crippen LogP contribution in [0.4, 0.5) is 11.6 Å². The number of ketones is 1. The van der Waals surface area contributed by atoms with E-state index in [9.17, 15) is 4.79 Å². The second-order valence-electron chi connectivity index (χ2n) is 8.78. The minimum absolute atomic E-state index is 0.128. The van der Waals surface area contributed by atoms with E-state index in [2.05, 4.69) is 15.0 Å². The Morgan fingerprint density at radius 2 is 1.47 bits per heavy atom. The van der Waals surface area contributed by atoms with Crippen LogP contribution in [0.15, 0.2) is 40.3 Å². The zero-order valence-corrected chi connectivity index (χ0v) is 22.3.